The van der Waals surface area contributed by atoms with Gasteiger partial charge in [-0.1, -0.05) is 18.3 Å². The van der Waals surface area contributed by atoms with Gasteiger partial charge in [0.15, 0.2) is 15.8 Å². The van der Waals surface area contributed by atoms with Crippen LogP contribution in [0.15, 0.2) is 0 Å². The van der Waals surface area contributed by atoms with Crippen molar-refractivity contribution in [1.82, 2.24) is 4.98 Å². The molecule has 1 aliphatic rings. The number of nitrogen functional groups attached to an aromatic ring is 1. The van der Waals surface area contributed by atoms with Crippen molar-refractivity contribution in [2.24, 2.45) is 5.92 Å². The number of aromatic nitrogens is 1. The molecule has 0 amide bonds. The Hall–Kier alpha value is -1.30. The summed E-state index contributed by atoms with van der Waals surface area (Å²) >= 11 is 1.32. The van der Waals surface area contributed by atoms with Gasteiger partial charge in [-0.15, -0.1) is 0 Å². The number of anilines is 2. The molecule has 6 heteroatoms. The van der Waals surface area contributed by atoms with Crippen molar-refractivity contribution in [3.8, 4) is 0 Å². The summed E-state index contributed by atoms with van der Waals surface area (Å²) in [6, 6.07) is 0. The number of thiazole rings is 1. The minimum atomic E-state index is -0.406. The Morgan fingerprint density at radius 2 is 2.41 bits per heavy atom. The van der Waals surface area contributed by atoms with Crippen molar-refractivity contribution in [1.29, 1.82) is 0 Å². The van der Waals surface area contributed by atoms with Crippen LogP contribution in [0.1, 0.15) is 29.4 Å². The molecule has 0 radical (unpaired) electrons. The molecule has 0 unspecified atom stereocenters. The first-order valence-corrected chi connectivity index (χ1v) is 6.53. The number of nitrogens with zero attached hydrogens (tertiary/aromatic N) is 2. The lowest BCUT2D eigenvalue weighted by atomic mass is 10.0. The van der Waals surface area contributed by atoms with Crippen molar-refractivity contribution in [3.05, 3.63) is 4.88 Å². The fraction of sp³-hybridized carbons (Fsp3) is 0.636. The lowest BCUT2D eigenvalue weighted by molar-refractivity contribution is 0.0607. The van der Waals surface area contributed by atoms with Crippen LogP contribution in [0.2, 0.25) is 0 Å². The average molecular weight is 255 g/mol. The van der Waals surface area contributed by atoms with E-state index in [1.54, 1.807) is 0 Å². The number of carbonyl (C=O) groups excluding carboxylic acids is 1. The first kappa shape index (κ1) is 12.2. The number of ether oxygens (including phenoxy) is 1. The van der Waals surface area contributed by atoms with Gasteiger partial charge in [0.1, 0.15) is 0 Å². The number of methoxy groups -OCH3 is 1. The lowest BCUT2D eigenvalue weighted by Crippen LogP contribution is -2.34. The van der Waals surface area contributed by atoms with Crippen molar-refractivity contribution in [2.45, 2.75) is 19.8 Å². The topological polar surface area (TPSA) is 68.5 Å². The summed E-state index contributed by atoms with van der Waals surface area (Å²) in [5, 5.41) is 0.828. The van der Waals surface area contributed by atoms with E-state index in [4.69, 9.17) is 5.73 Å². The third-order valence-corrected chi connectivity index (χ3v) is 4.05. The van der Waals surface area contributed by atoms with Gasteiger partial charge in [0.2, 0.25) is 0 Å². The molecule has 1 saturated heterocycles. The van der Waals surface area contributed by atoms with E-state index in [1.165, 1.54) is 24.9 Å². The van der Waals surface area contributed by atoms with Crippen molar-refractivity contribution in [3.63, 3.8) is 0 Å². The Bertz CT molecular complexity index is 419. The number of nitrogens with two attached hydrogens (primary N) is 1. The van der Waals surface area contributed by atoms with E-state index in [1.807, 2.05) is 0 Å². The van der Waals surface area contributed by atoms with Gasteiger partial charge in [0.25, 0.3) is 0 Å². The number of hydrogen-bond acceptors (Lipinski definition) is 6. The highest BCUT2D eigenvalue weighted by Gasteiger charge is 2.23. The summed E-state index contributed by atoms with van der Waals surface area (Å²) in [7, 11) is 1.35. The predicted octanol–water partition coefficient (Wildman–Crippen LogP) is 1.75. The molecule has 2 rings (SSSR count). The Morgan fingerprint density at radius 3 is 3.06 bits per heavy atom. The van der Waals surface area contributed by atoms with E-state index in [0.717, 1.165) is 24.6 Å². The second-order valence-electron chi connectivity index (χ2n) is 4.40. The molecule has 1 fully saturated rings. The Morgan fingerprint density at radius 1 is 1.65 bits per heavy atom. The summed E-state index contributed by atoms with van der Waals surface area (Å²) in [5.74, 6) is 0.529. The van der Waals surface area contributed by atoms with Gasteiger partial charge < -0.3 is 15.4 Å². The summed E-state index contributed by atoms with van der Waals surface area (Å²) in [6.45, 7) is 4.19. The first-order valence-electron chi connectivity index (χ1n) is 5.71. The third kappa shape index (κ3) is 2.52. The second kappa shape index (κ2) is 4.91. The Labute approximate surface area is 105 Å². The third-order valence-electron chi connectivity index (χ3n) is 2.94. The van der Waals surface area contributed by atoms with Gasteiger partial charge in [-0.3, -0.25) is 0 Å². The number of rotatable bonds is 2. The number of hydrogen-bond donors (Lipinski definition) is 1. The molecule has 17 heavy (non-hydrogen) atoms. The van der Waals surface area contributed by atoms with Gasteiger partial charge in [-0.25, -0.2) is 9.78 Å². The SMILES string of the molecule is COC(=O)c1sc(N2CCC[C@H](C)C2)nc1N. The van der Waals surface area contributed by atoms with E-state index in [2.05, 4.69) is 21.5 Å². The minimum absolute atomic E-state index is 0.273. The van der Waals surface area contributed by atoms with Crippen LogP contribution >= 0.6 is 11.3 Å². The van der Waals surface area contributed by atoms with Crippen LogP contribution in [0.4, 0.5) is 10.9 Å². The summed E-state index contributed by atoms with van der Waals surface area (Å²) in [4.78, 5) is 18.3. The van der Waals surface area contributed by atoms with Gasteiger partial charge >= 0.3 is 5.97 Å². The van der Waals surface area contributed by atoms with Crippen LogP contribution in [0.3, 0.4) is 0 Å². The summed E-state index contributed by atoms with van der Waals surface area (Å²) in [5.41, 5.74) is 5.73. The standard InChI is InChI=1S/C11H17N3O2S/c1-7-4-3-5-14(6-7)11-13-9(12)8(17-11)10(15)16-2/h7H,3-6,12H2,1-2H3/t7-/m0/s1. The minimum Gasteiger partial charge on any atom is -0.465 e. The largest absolute Gasteiger partial charge is 0.465 e. The maximum absolute atomic E-state index is 11.4. The molecule has 1 aromatic heterocycles. The van der Waals surface area contributed by atoms with Gasteiger partial charge in [-0.05, 0) is 18.8 Å². The van der Waals surface area contributed by atoms with Crippen LogP contribution < -0.4 is 10.6 Å². The monoisotopic (exact) mass is 255 g/mol. The fourth-order valence-electron chi connectivity index (χ4n) is 2.06. The molecule has 0 aliphatic carbocycles. The molecule has 0 aromatic carbocycles. The average Bonchev–Trinajstić information content (AvgIpc) is 2.70. The predicted molar refractivity (Wildman–Crippen MR) is 68.5 cm³/mol. The van der Waals surface area contributed by atoms with Crippen LogP contribution in [0.5, 0.6) is 0 Å². The zero-order chi connectivity index (χ0) is 12.4. The van der Waals surface area contributed by atoms with Crippen LogP contribution in [-0.2, 0) is 4.74 Å². The molecular formula is C11H17N3O2S. The van der Waals surface area contributed by atoms with Crippen LogP contribution in [0, 0.1) is 5.92 Å². The number of carbonyl (C=O) groups is 1. The van der Waals surface area contributed by atoms with Crippen molar-refractivity contribution in [2.75, 3.05) is 30.8 Å². The second-order valence-corrected chi connectivity index (χ2v) is 5.37. The number of esters is 1. The lowest BCUT2D eigenvalue weighted by Gasteiger charge is -2.30. The maximum atomic E-state index is 11.4. The summed E-state index contributed by atoms with van der Waals surface area (Å²) in [6.07, 6.45) is 2.41. The normalized spacial score (nSPS) is 20.4. The van der Waals surface area contributed by atoms with Gasteiger partial charge in [-0.2, -0.15) is 0 Å². The van der Waals surface area contributed by atoms with E-state index < -0.39 is 5.97 Å². The summed E-state index contributed by atoms with van der Waals surface area (Å²) < 4.78 is 4.67. The molecule has 5 nitrogen and oxygen atoms in total. The molecular weight excluding hydrogens is 238 g/mol. The zero-order valence-electron chi connectivity index (χ0n) is 10.1. The Balaban J connectivity index is 2.19. The molecule has 0 spiro atoms. The molecule has 0 saturated carbocycles. The molecule has 1 atom stereocenters. The van der Waals surface area contributed by atoms with E-state index in [9.17, 15) is 4.79 Å². The highest BCUT2D eigenvalue weighted by molar-refractivity contribution is 7.18. The smallest absolute Gasteiger partial charge is 0.351 e. The fourth-order valence-corrected chi connectivity index (χ4v) is 3.00. The van der Waals surface area contributed by atoms with Crippen molar-refractivity contribution >= 4 is 28.3 Å². The van der Waals surface area contributed by atoms with Gasteiger partial charge in [0.05, 0.1) is 7.11 Å². The van der Waals surface area contributed by atoms with Crippen LogP contribution in [0.25, 0.3) is 0 Å². The van der Waals surface area contributed by atoms with Gasteiger partial charge in [0, 0.05) is 13.1 Å². The molecule has 1 aromatic rings. The zero-order valence-corrected chi connectivity index (χ0v) is 10.9. The highest BCUT2D eigenvalue weighted by Crippen LogP contribution is 2.31. The number of piperidine rings is 1. The quantitative estimate of drug-likeness (QED) is 0.815. The molecule has 0 bridgehead atoms. The molecule has 2 N–H and O–H groups in total. The van der Waals surface area contributed by atoms with Crippen molar-refractivity contribution < 1.29 is 9.53 Å². The molecule has 2 heterocycles. The Kier molecular flexibility index (Phi) is 3.51. The molecule has 1 aliphatic heterocycles. The maximum Gasteiger partial charge on any atom is 0.351 e. The van der Waals surface area contributed by atoms with E-state index in [-0.39, 0.29) is 5.82 Å². The highest BCUT2D eigenvalue weighted by atomic mass is 32.1. The first-order chi connectivity index (χ1) is 8.11. The van der Waals surface area contributed by atoms with E-state index >= 15 is 0 Å². The van der Waals surface area contributed by atoms with Crippen LogP contribution in [-0.4, -0.2) is 31.2 Å². The molecule has 94 valence electrons. The van der Waals surface area contributed by atoms with E-state index in [0.29, 0.717) is 10.8 Å².